The van der Waals surface area contributed by atoms with Gasteiger partial charge in [-0.15, -0.1) is 0 Å². The molecule has 130 valence electrons. The first-order valence-electron chi connectivity index (χ1n) is 8.94. The summed E-state index contributed by atoms with van der Waals surface area (Å²) in [7, 11) is 1.81. The van der Waals surface area contributed by atoms with E-state index in [-0.39, 0.29) is 17.7 Å². The monoisotopic (exact) mass is 330 g/mol. The van der Waals surface area contributed by atoms with E-state index in [1.165, 1.54) is 12.8 Å². The molecule has 0 bridgehead atoms. The van der Waals surface area contributed by atoms with Crippen LogP contribution in [0.25, 0.3) is 0 Å². The number of carbonyl (C=O) groups excluding carboxylic acids is 2. The van der Waals surface area contributed by atoms with Crippen LogP contribution in [0, 0.1) is 11.8 Å². The van der Waals surface area contributed by atoms with Crippen molar-refractivity contribution in [3.05, 3.63) is 24.3 Å². The molecule has 3 rings (SSSR count). The molecule has 1 saturated carbocycles. The molecule has 0 N–H and O–H groups in total. The molecule has 6 nitrogen and oxygen atoms in total. The molecule has 1 saturated heterocycles. The Morgan fingerprint density at radius 1 is 1.12 bits per heavy atom. The van der Waals surface area contributed by atoms with Gasteiger partial charge in [-0.1, -0.05) is 12.8 Å². The lowest BCUT2D eigenvalue weighted by Gasteiger charge is -2.34. The van der Waals surface area contributed by atoms with Crippen molar-refractivity contribution in [1.82, 2.24) is 19.8 Å². The molecule has 0 aromatic carbocycles. The van der Waals surface area contributed by atoms with Crippen molar-refractivity contribution in [1.29, 1.82) is 0 Å². The number of hydrogen-bond acceptors (Lipinski definition) is 4. The van der Waals surface area contributed by atoms with Gasteiger partial charge in [-0.05, 0) is 25.7 Å². The topological polar surface area (TPSA) is 66.4 Å². The van der Waals surface area contributed by atoms with Gasteiger partial charge >= 0.3 is 0 Å². The fraction of sp³-hybridized carbons (Fsp3) is 0.667. The van der Waals surface area contributed by atoms with Crippen molar-refractivity contribution in [3.8, 4) is 0 Å². The molecule has 2 amide bonds. The number of hydrogen-bond donors (Lipinski definition) is 0. The van der Waals surface area contributed by atoms with Crippen LogP contribution >= 0.6 is 0 Å². The van der Waals surface area contributed by atoms with Gasteiger partial charge in [0.25, 0.3) is 0 Å². The molecule has 0 atom stereocenters. The van der Waals surface area contributed by atoms with Crippen molar-refractivity contribution in [2.24, 2.45) is 11.8 Å². The van der Waals surface area contributed by atoms with Crippen molar-refractivity contribution in [2.45, 2.75) is 45.1 Å². The van der Waals surface area contributed by atoms with Crippen molar-refractivity contribution in [3.63, 3.8) is 0 Å². The van der Waals surface area contributed by atoms with Crippen LogP contribution in [0.1, 0.15) is 44.2 Å². The number of likely N-dealkylation sites (tertiary alicyclic amines) is 1. The van der Waals surface area contributed by atoms with Gasteiger partial charge in [-0.2, -0.15) is 0 Å². The van der Waals surface area contributed by atoms with Crippen LogP contribution < -0.4 is 0 Å². The van der Waals surface area contributed by atoms with E-state index in [9.17, 15) is 9.59 Å². The number of nitrogens with zero attached hydrogens (tertiary/aromatic N) is 4. The average Bonchev–Trinajstić information content (AvgIpc) is 3.16. The largest absolute Gasteiger partial charge is 0.342 e. The summed E-state index contributed by atoms with van der Waals surface area (Å²) in [6, 6.07) is 0. The maximum atomic E-state index is 12.6. The van der Waals surface area contributed by atoms with Crippen LogP contribution in [-0.2, 0) is 16.1 Å². The Labute approximate surface area is 143 Å². The molecule has 1 aromatic rings. The second-order valence-electron chi connectivity index (χ2n) is 6.97. The maximum Gasteiger partial charge on any atom is 0.225 e. The number of piperidine rings is 1. The molecule has 1 aliphatic carbocycles. The minimum absolute atomic E-state index is 0.0132. The summed E-state index contributed by atoms with van der Waals surface area (Å²) >= 11 is 0. The molecule has 0 unspecified atom stereocenters. The van der Waals surface area contributed by atoms with Crippen LogP contribution in [0.4, 0.5) is 0 Å². The molecule has 1 aromatic heterocycles. The summed E-state index contributed by atoms with van der Waals surface area (Å²) in [6.45, 7) is 1.91. The molecule has 6 heteroatoms. The minimum atomic E-state index is 0.0132. The SMILES string of the molecule is CN(Cc1cnccn1)C(=O)C1CCN(C(=O)C2CCCC2)CC1. The first-order chi connectivity index (χ1) is 11.6. The third kappa shape index (κ3) is 3.91. The smallest absolute Gasteiger partial charge is 0.225 e. The molecule has 0 spiro atoms. The van der Waals surface area contributed by atoms with Crippen LogP contribution in [-0.4, -0.2) is 51.7 Å². The third-order valence-corrected chi connectivity index (χ3v) is 5.25. The van der Waals surface area contributed by atoms with E-state index in [0.717, 1.165) is 31.4 Å². The lowest BCUT2D eigenvalue weighted by molar-refractivity contribution is -0.142. The van der Waals surface area contributed by atoms with Gasteiger partial charge in [0, 0.05) is 44.4 Å². The van der Waals surface area contributed by atoms with Crippen LogP contribution in [0.5, 0.6) is 0 Å². The van der Waals surface area contributed by atoms with E-state index in [2.05, 4.69) is 9.97 Å². The fourth-order valence-electron chi connectivity index (χ4n) is 3.82. The Kier molecular flexibility index (Phi) is 5.43. The molecule has 0 radical (unpaired) electrons. The summed E-state index contributed by atoms with van der Waals surface area (Å²) in [5.74, 6) is 0.704. The van der Waals surface area contributed by atoms with Gasteiger partial charge in [0.05, 0.1) is 18.4 Å². The zero-order valence-corrected chi connectivity index (χ0v) is 14.4. The van der Waals surface area contributed by atoms with Crippen LogP contribution in [0.3, 0.4) is 0 Å². The molecule has 2 aliphatic rings. The van der Waals surface area contributed by atoms with Gasteiger partial charge in [0.2, 0.25) is 11.8 Å². The lowest BCUT2D eigenvalue weighted by Crippen LogP contribution is -2.45. The minimum Gasteiger partial charge on any atom is -0.342 e. The number of rotatable bonds is 4. The van der Waals surface area contributed by atoms with Crippen molar-refractivity contribution < 1.29 is 9.59 Å². The number of amides is 2. The summed E-state index contributed by atoms with van der Waals surface area (Å²) in [5.41, 5.74) is 0.794. The molecule has 2 heterocycles. The highest BCUT2D eigenvalue weighted by Crippen LogP contribution is 2.28. The van der Waals surface area contributed by atoms with E-state index < -0.39 is 0 Å². The second kappa shape index (κ2) is 7.73. The number of carbonyl (C=O) groups is 2. The Bertz CT molecular complexity index is 564. The van der Waals surface area contributed by atoms with Crippen LogP contribution in [0.15, 0.2) is 18.6 Å². The van der Waals surface area contributed by atoms with E-state index in [0.29, 0.717) is 25.5 Å². The van der Waals surface area contributed by atoms with Gasteiger partial charge in [-0.3, -0.25) is 19.6 Å². The first-order valence-corrected chi connectivity index (χ1v) is 8.94. The molecular weight excluding hydrogens is 304 g/mol. The predicted octanol–water partition coefficient (Wildman–Crippen LogP) is 1.86. The lowest BCUT2D eigenvalue weighted by atomic mass is 9.94. The summed E-state index contributed by atoms with van der Waals surface area (Å²) in [5, 5.41) is 0. The first kappa shape index (κ1) is 16.9. The quantitative estimate of drug-likeness (QED) is 0.845. The third-order valence-electron chi connectivity index (χ3n) is 5.25. The fourth-order valence-corrected chi connectivity index (χ4v) is 3.82. The van der Waals surface area contributed by atoms with E-state index >= 15 is 0 Å². The Morgan fingerprint density at radius 2 is 1.83 bits per heavy atom. The second-order valence-corrected chi connectivity index (χ2v) is 6.97. The van der Waals surface area contributed by atoms with Crippen molar-refractivity contribution in [2.75, 3.05) is 20.1 Å². The standard InChI is InChI=1S/C18H26N4O2/c1-21(13-16-12-19-8-9-20-16)17(23)15-6-10-22(11-7-15)18(24)14-4-2-3-5-14/h8-9,12,14-15H,2-7,10-11,13H2,1H3. The molecular formula is C18H26N4O2. The van der Waals surface area contributed by atoms with Gasteiger partial charge < -0.3 is 9.80 Å². The maximum absolute atomic E-state index is 12.6. The molecule has 2 fully saturated rings. The van der Waals surface area contributed by atoms with Crippen LogP contribution in [0.2, 0.25) is 0 Å². The number of aromatic nitrogens is 2. The molecule has 1 aliphatic heterocycles. The van der Waals surface area contributed by atoms with Gasteiger partial charge in [0.15, 0.2) is 0 Å². The van der Waals surface area contributed by atoms with E-state index in [1.807, 2.05) is 11.9 Å². The average molecular weight is 330 g/mol. The van der Waals surface area contributed by atoms with E-state index in [4.69, 9.17) is 0 Å². The molecule has 24 heavy (non-hydrogen) atoms. The predicted molar refractivity (Wildman–Crippen MR) is 89.8 cm³/mol. The zero-order chi connectivity index (χ0) is 16.9. The van der Waals surface area contributed by atoms with Gasteiger partial charge in [-0.25, -0.2) is 0 Å². The Morgan fingerprint density at radius 3 is 2.46 bits per heavy atom. The highest BCUT2D eigenvalue weighted by atomic mass is 16.2. The zero-order valence-electron chi connectivity index (χ0n) is 14.4. The highest BCUT2D eigenvalue weighted by Gasteiger charge is 2.32. The Hall–Kier alpha value is -1.98. The highest BCUT2D eigenvalue weighted by molar-refractivity contribution is 5.81. The summed E-state index contributed by atoms with van der Waals surface area (Å²) in [4.78, 5) is 37.0. The van der Waals surface area contributed by atoms with E-state index in [1.54, 1.807) is 23.5 Å². The Balaban J connectivity index is 1.48. The summed E-state index contributed by atoms with van der Waals surface area (Å²) < 4.78 is 0. The van der Waals surface area contributed by atoms with Crippen molar-refractivity contribution >= 4 is 11.8 Å². The van der Waals surface area contributed by atoms with Gasteiger partial charge in [0.1, 0.15) is 0 Å². The summed E-state index contributed by atoms with van der Waals surface area (Å²) in [6.07, 6.45) is 10.9. The normalized spacial score (nSPS) is 19.5.